The Hall–Kier alpha value is -2.34. The number of nitrogens with two attached hydrogens (primary N) is 3. The van der Waals surface area contributed by atoms with Crippen LogP contribution in [-0.4, -0.2) is 23.5 Å². The van der Waals surface area contributed by atoms with Gasteiger partial charge in [0.05, 0.1) is 17.3 Å². The van der Waals surface area contributed by atoms with Crippen LogP contribution in [0.15, 0.2) is 53.8 Å². The standard InChI is InChI=1S/C16H23N5S/c1-4-13(17)16(20)21(3)9-15(19)22-10-11(2)12-7-5-6-8-14(12)18/h4-8,10,19H,1,9,17-18,20H2,2-3H3/b11-10+,16-13+,19-15?. The zero-order chi connectivity index (χ0) is 16.7. The Morgan fingerprint density at radius 3 is 2.59 bits per heavy atom. The third kappa shape index (κ3) is 4.89. The number of benzene rings is 1. The minimum absolute atomic E-state index is 0.374. The monoisotopic (exact) mass is 317 g/mol. The molecule has 22 heavy (non-hydrogen) atoms. The normalized spacial score (nSPS) is 12.5. The first-order valence-electron chi connectivity index (χ1n) is 6.71. The second kappa shape index (κ2) is 8.19. The van der Waals surface area contributed by atoms with Crippen molar-refractivity contribution in [3.63, 3.8) is 0 Å². The van der Waals surface area contributed by atoms with E-state index in [-0.39, 0.29) is 0 Å². The molecule has 0 aliphatic heterocycles. The van der Waals surface area contributed by atoms with Crippen LogP contribution in [0.2, 0.25) is 0 Å². The Morgan fingerprint density at radius 2 is 2.00 bits per heavy atom. The summed E-state index contributed by atoms with van der Waals surface area (Å²) in [6, 6.07) is 7.66. The second-order valence-corrected chi connectivity index (χ2v) is 5.79. The van der Waals surface area contributed by atoms with E-state index in [2.05, 4.69) is 6.58 Å². The first kappa shape index (κ1) is 17.7. The van der Waals surface area contributed by atoms with Gasteiger partial charge in [-0.25, -0.2) is 0 Å². The van der Waals surface area contributed by atoms with Crippen molar-refractivity contribution in [1.29, 1.82) is 5.41 Å². The number of nitrogen functional groups attached to an aromatic ring is 1. The Bertz CT molecular complexity index is 619. The van der Waals surface area contributed by atoms with Gasteiger partial charge in [0.1, 0.15) is 5.82 Å². The third-order valence-electron chi connectivity index (χ3n) is 3.07. The van der Waals surface area contributed by atoms with Crippen molar-refractivity contribution in [2.45, 2.75) is 6.92 Å². The molecule has 0 spiro atoms. The number of nitrogens with one attached hydrogen (secondary N) is 1. The van der Waals surface area contributed by atoms with Gasteiger partial charge in [-0.15, -0.1) is 0 Å². The molecule has 1 rings (SSSR count). The number of thioether (sulfide) groups is 1. The van der Waals surface area contributed by atoms with Gasteiger partial charge in [-0.05, 0) is 30.0 Å². The summed E-state index contributed by atoms with van der Waals surface area (Å²) in [5.41, 5.74) is 20.6. The molecule has 0 atom stereocenters. The molecule has 0 saturated carbocycles. The molecule has 7 N–H and O–H groups in total. The molecule has 1 aromatic carbocycles. The lowest BCUT2D eigenvalue weighted by molar-refractivity contribution is 0.468. The predicted molar refractivity (Wildman–Crippen MR) is 98.1 cm³/mol. The zero-order valence-corrected chi connectivity index (χ0v) is 13.8. The summed E-state index contributed by atoms with van der Waals surface area (Å²) in [7, 11) is 1.78. The summed E-state index contributed by atoms with van der Waals surface area (Å²) < 4.78 is 0. The quantitative estimate of drug-likeness (QED) is 0.279. The molecule has 0 aliphatic rings. The zero-order valence-electron chi connectivity index (χ0n) is 13.0. The Kier molecular flexibility index (Phi) is 6.59. The first-order chi connectivity index (χ1) is 10.4. The first-order valence-corrected chi connectivity index (χ1v) is 7.59. The van der Waals surface area contributed by atoms with Crippen molar-refractivity contribution in [1.82, 2.24) is 4.90 Å². The molecule has 0 unspecified atom stereocenters. The fourth-order valence-electron chi connectivity index (χ4n) is 1.74. The molecule has 0 saturated heterocycles. The van der Waals surface area contributed by atoms with E-state index in [1.165, 1.54) is 17.8 Å². The molecule has 6 heteroatoms. The summed E-state index contributed by atoms with van der Waals surface area (Å²) in [5, 5.41) is 10.4. The molecule has 0 bridgehead atoms. The highest BCUT2D eigenvalue weighted by Gasteiger charge is 2.07. The topological polar surface area (TPSA) is 105 Å². The molecular formula is C16H23N5S. The van der Waals surface area contributed by atoms with Crippen molar-refractivity contribution < 1.29 is 0 Å². The van der Waals surface area contributed by atoms with Gasteiger partial charge in [0.25, 0.3) is 0 Å². The van der Waals surface area contributed by atoms with Gasteiger partial charge in [0, 0.05) is 18.3 Å². The van der Waals surface area contributed by atoms with E-state index < -0.39 is 0 Å². The van der Waals surface area contributed by atoms with Gasteiger partial charge in [0.15, 0.2) is 0 Å². The van der Waals surface area contributed by atoms with Gasteiger partial charge < -0.3 is 22.1 Å². The van der Waals surface area contributed by atoms with Crippen molar-refractivity contribution in [2.24, 2.45) is 11.5 Å². The smallest absolute Gasteiger partial charge is 0.122 e. The minimum atomic E-state index is 0.374. The highest BCUT2D eigenvalue weighted by atomic mass is 32.2. The fraction of sp³-hybridized carbons (Fsp3) is 0.188. The molecule has 1 aromatic rings. The van der Waals surface area contributed by atoms with Gasteiger partial charge in [0.2, 0.25) is 0 Å². The fourth-order valence-corrected chi connectivity index (χ4v) is 2.46. The number of nitrogens with zero attached hydrogens (tertiary/aromatic N) is 1. The van der Waals surface area contributed by atoms with Gasteiger partial charge in [-0.3, -0.25) is 5.41 Å². The van der Waals surface area contributed by atoms with Crippen LogP contribution in [0.4, 0.5) is 5.69 Å². The minimum Gasteiger partial charge on any atom is -0.398 e. The lowest BCUT2D eigenvalue weighted by atomic mass is 10.1. The summed E-state index contributed by atoms with van der Waals surface area (Å²) in [6.45, 7) is 5.92. The average molecular weight is 317 g/mol. The predicted octanol–water partition coefficient (Wildman–Crippen LogP) is 2.54. The van der Waals surface area contributed by atoms with E-state index in [1.807, 2.05) is 36.6 Å². The molecule has 0 aromatic heterocycles. The lowest BCUT2D eigenvalue weighted by Gasteiger charge is -2.20. The maximum absolute atomic E-state index is 8.02. The Morgan fingerprint density at radius 1 is 1.36 bits per heavy atom. The van der Waals surface area contributed by atoms with Crippen molar-refractivity contribution in [2.75, 3.05) is 19.3 Å². The summed E-state index contributed by atoms with van der Waals surface area (Å²) in [5.74, 6) is 0.411. The van der Waals surface area contributed by atoms with Gasteiger partial charge >= 0.3 is 0 Å². The van der Waals surface area contributed by atoms with Crippen LogP contribution in [0.3, 0.4) is 0 Å². The number of hydrogen-bond acceptors (Lipinski definition) is 6. The maximum Gasteiger partial charge on any atom is 0.122 e. The molecular weight excluding hydrogens is 294 g/mol. The summed E-state index contributed by atoms with van der Waals surface area (Å²) >= 11 is 1.33. The van der Waals surface area contributed by atoms with Crippen LogP contribution in [0.1, 0.15) is 12.5 Å². The highest BCUT2D eigenvalue weighted by molar-refractivity contribution is 8.16. The van der Waals surface area contributed by atoms with Crippen molar-refractivity contribution in [3.8, 4) is 0 Å². The van der Waals surface area contributed by atoms with E-state index in [0.717, 1.165) is 16.8 Å². The third-order valence-corrected chi connectivity index (χ3v) is 3.96. The van der Waals surface area contributed by atoms with Crippen molar-refractivity contribution >= 4 is 28.1 Å². The number of allylic oxidation sites excluding steroid dienone is 2. The number of para-hydroxylation sites is 1. The van der Waals surface area contributed by atoms with Crippen molar-refractivity contribution in [3.05, 3.63) is 59.4 Å². The van der Waals surface area contributed by atoms with Crippen LogP contribution in [-0.2, 0) is 0 Å². The molecule has 5 nitrogen and oxygen atoms in total. The molecule has 0 fully saturated rings. The molecule has 0 aliphatic carbocycles. The van der Waals surface area contributed by atoms with Crippen LogP contribution >= 0.6 is 11.8 Å². The second-order valence-electron chi connectivity index (χ2n) is 4.83. The van der Waals surface area contributed by atoms with E-state index in [4.69, 9.17) is 22.6 Å². The van der Waals surface area contributed by atoms with Crippen LogP contribution in [0.5, 0.6) is 0 Å². The summed E-state index contributed by atoms with van der Waals surface area (Å²) in [4.78, 5) is 1.71. The van der Waals surface area contributed by atoms with Crippen LogP contribution < -0.4 is 17.2 Å². The molecule has 0 radical (unpaired) electrons. The number of rotatable bonds is 6. The largest absolute Gasteiger partial charge is 0.398 e. The Labute approximate surface area is 136 Å². The molecule has 0 heterocycles. The van der Waals surface area contributed by atoms with Gasteiger partial charge in [-0.1, -0.05) is 36.5 Å². The molecule has 0 amide bonds. The highest BCUT2D eigenvalue weighted by Crippen LogP contribution is 2.23. The van der Waals surface area contributed by atoms with E-state index in [0.29, 0.717) is 23.1 Å². The van der Waals surface area contributed by atoms with E-state index in [9.17, 15) is 0 Å². The SMILES string of the molecule is C=C/C(N)=C(/N)N(C)CC(=N)S/C=C(\C)c1ccccc1N. The summed E-state index contributed by atoms with van der Waals surface area (Å²) in [6.07, 6.45) is 1.49. The number of hydrogen-bond donors (Lipinski definition) is 4. The van der Waals surface area contributed by atoms with E-state index in [1.54, 1.807) is 11.9 Å². The van der Waals surface area contributed by atoms with E-state index >= 15 is 0 Å². The maximum atomic E-state index is 8.02. The van der Waals surface area contributed by atoms with Crippen LogP contribution in [0.25, 0.3) is 5.57 Å². The number of anilines is 1. The van der Waals surface area contributed by atoms with Crippen LogP contribution in [0, 0.1) is 5.41 Å². The average Bonchev–Trinajstić information content (AvgIpc) is 2.51. The Balaban J connectivity index is 2.68. The molecule has 118 valence electrons. The lowest BCUT2D eigenvalue weighted by Crippen LogP contribution is -2.30. The van der Waals surface area contributed by atoms with Gasteiger partial charge in [-0.2, -0.15) is 0 Å².